The molecule has 1 fully saturated rings. The van der Waals surface area contributed by atoms with Crippen molar-refractivity contribution in [2.45, 2.75) is 32.3 Å². The van der Waals surface area contributed by atoms with Crippen LogP contribution in [0.2, 0.25) is 0 Å². The standard InChI is InChI=1S/C15H20O4/c1-11(16)9-12-3-4-14(17-2)15(10-12)19-13-5-7-18-8-6-13/h3-4,10,13H,5-9H2,1-2H3. The quantitative estimate of drug-likeness (QED) is 0.819. The molecule has 0 radical (unpaired) electrons. The van der Waals surface area contributed by atoms with E-state index in [0.717, 1.165) is 31.6 Å². The monoisotopic (exact) mass is 264 g/mol. The Balaban J connectivity index is 2.12. The lowest BCUT2D eigenvalue weighted by Crippen LogP contribution is -2.26. The highest BCUT2D eigenvalue weighted by Crippen LogP contribution is 2.30. The first kappa shape index (κ1) is 13.9. The van der Waals surface area contributed by atoms with Gasteiger partial charge in [0.15, 0.2) is 11.5 Å². The molecule has 19 heavy (non-hydrogen) atoms. The average molecular weight is 264 g/mol. The lowest BCUT2D eigenvalue weighted by atomic mass is 10.1. The van der Waals surface area contributed by atoms with Crippen LogP contribution in [0.4, 0.5) is 0 Å². The van der Waals surface area contributed by atoms with Gasteiger partial charge in [0, 0.05) is 19.3 Å². The summed E-state index contributed by atoms with van der Waals surface area (Å²) in [5.74, 6) is 1.56. The number of ether oxygens (including phenoxy) is 3. The SMILES string of the molecule is COc1ccc(CC(C)=O)cc1OC1CCOCC1. The summed E-state index contributed by atoms with van der Waals surface area (Å²) in [4.78, 5) is 11.2. The number of carbonyl (C=O) groups is 1. The van der Waals surface area contributed by atoms with Gasteiger partial charge >= 0.3 is 0 Å². The largest absolute Gasteiger partial charge is 0.493 e. The summed E-state index contributed by atoms with van der Waals surface area (Å²) in [5, 5.41) is 0. The third kappa shape index (κ3) is 3.96. The maximum absolute atomic E-state index is 11.2. The Labute approximate surface area is 113 Å². The zero-order valence-electron chi connectivity index (χ0n) is 11.5. The van der Waals surface area contributed by atoms with Crippen LogP contribution in [0.25, 0.3) is 0 Å². The van der Waals surface area contributed by atoms with Crippen molar-refractivity contribution in [3.8, 4) is 11.5 Å². The summed E-state index contributed by atoms with van der Waals surface area (Å²) in [6.07, 6.45) is 2.36. The van der Waals surface area contributed by atoms with Gasteiger partial charge in [-0.1, -0.05) is 6.07 Å². The fourth-order valence-corrected chi connectivity index (χ4v) is 2.18. The highest BCUT2D eigenvalue weighted by molar-refractivity contribution is 5.78. The predicted octanol–water partition coefficient (Wildman–Crippen LogP) is 2.38. The van der Waals surface area contributed by atoms with Crippen molar-refractivity contribution in [1.29, 1.82) is 0 Å². The minimum Gasteiger partial charge on any atom is -0.493 e. The number of rotatable bonds is 5. The smallest absolute Gasteiger partial charge is 0.161 e. The van der Waals surface area contributed by atoms with Gasteiger partial charge in [-0.3, -0.25) is 4.79 Å². The molecular weight excluding hydrogens is 244 g/mol. The third-order valence-corrected chi connectivity index (χ3v) is 3.14. The van der Waals surface area contributed by atoms with Gasteiger partial charge in [0.25, 0.3) is 0 Å². The molecule has 0 N–H and O–H groups in total. The second kappa shape index (κ2) is 6.57. The van der Waals surface area contributed by atoms with Crippen LogP contribution in [-0.4, -0.2) is 32.2 Å². The van der Waals surface area contributed by atoms with Gasteiger partial charge in [0.2, 0.25) is 0 Å². The first-order chi connectivity index (χ1) is 9.19. The predicted molar refractivity (Wildman–Crippen MR) is 71.8 cm³/mol. The Morgan fingerprint density at radius 3 is 2.68 bits per heavy atom. The normalized spacial score (nSPS) is 16.1. The molecule has 4 nitrogen and oxygen atoms in total. The molecule has 104 valence electrons. The highest BCUT2D eigenvalue weighted by atomic mass is 16.5. The molecule has 0 aromatic heterocycles. The number of ketones is 1. The summed E-state index contributed by atoms with van der Waals surface area (Å²) < 4.78 is 16.6. The first-order valence-corrected chi connectivity index (χ1v) is 6.60. The minimum absolute atomic E-state index is 0.141. The summed E-state index contributed by atoms with van der Waals surface area (Å²) in [5.41, 5.74) is 0.954. The number of Topliss-reactive ketones (excluding diaryl/α,β-unsaturated/α-hetero) is 1. The van der Waals surface area contributed by atoms with E-state index in [4.69, 9.17) is 14.2 Å². The molecule has 1 aromatic carbocycles. The molecule has 1 aliphatic heterocycles. The van der Waals surface area contributed by atoms with Crippen molar-refractivity contribution in [2.24, 2.45) is 0 Å². The van der Waals surface area contributed by atoms with E-state index in [-0.39, 0.29) is 11.9 Å². The Kier molecular flexibility index (Phi) is 4.80. The molecule has 0 saturated carbocycles. The zero-order chi connectivity index (χ0) is 13.7. The fraction of sp³-hybridized carbons (Fsp3) is 0.533. The van der Waals surface area contributed by atoms with Crippen LogP contribution in [0.1, 0.15) is 25.3 Å². The van der Waals surface area contributed by atoms with Gasteiger partial charge in [0.1, 0.15) is 11.9 Å². The van der Waals surface area contributed by atoms with Crippen molar-refractivity contribution < 1.29 is 19.0 Å². The molecule has 0 aliphatic carbocycles. The Morgan fingerprint density at radius 1 is 1.32 bits per heavy atom. The van der Waals surface area contributed by atoms with Crippen molar-refractivity contribution >= 4 is 5.78 Å². The van der Waals surface area contributed by atoms with Crippen molar-refractivity contribution in [1.82, 2.24) is 0 Å². The van der Waals surface area contributed by atoms with E-state index < -0.39 is 0 Å². The maximum atomic E-state index is 11.2. The third-order valence-electron chi connectivity index (χ3n) is 3.14. The summed E-state index contributed by atoms with van der Waals surface area (Å²) in [6, 6.07) is 5.65. The molecule has 1 aliphatic rings. The molecule has 1 aromatic rings. The summed E-state index contributed by atoms with van der Waals surface area (Å²) in [6.45, 7) is 3.06. The van der Waals surface area contributed by atoms with E-state index in [2.05, 4.69) is 0 Å². The van der Waals surface area contributed by atoms with Gasteiger partial charge < -0.3 is 14.2 Å². The van der Waals surface area contributed by atoms with Crippen molar-refractivity contribution in [3.63, 3.8) is 0 Å². The first-order valence-electron chi connectivity index (χ1n) is 6.60. The van der Waals surface area contributed by atoms with E-state index in [1.54, 1.807) is 14.0 Å². The Hall–Kier alpha value is -1.55. The fourth-order valence-electron chi connectivity index (χ4n) is 2.18. The van der Waals surface area contributed by atoms with Crippen LogP contribution < -0.4 is 9.47 Å². The van der Waals surface area contributed by atoms with E-state index in [9.17, 15) is 4.79 Å². The molecule has 4 heteroatoms. The molecule has 0 spiro atoms. The second-order valence-electron chi connectivity index (χ2n) is 4.79. The molecule has 0 bridgehead atoms. The molecule has 2 rings (SSSR count). The molecule has 1 saturated heterocycles. The van der Waals surface area contributed by atoms with Crippen LogP contribution in [0.3, 0.4) is 0 Å². The number of benzene rings is 1. The van der Waals surface area contributed by atoms with Crippen LogP contribution in [0.15, 0.2) is 18.2 Å². The second-order valence-corrected chi connectivity index (χ2v) is 4.79. The molecule has 1 heterocycles. The maximum Gasteiger partial charge on any atom is 0.161 e. The minimum atomic E-state index is 0.141. The molecule has 0 amide bonds. The van der Waals surface area contributed by atoms with E-state index in [1.807, 2.05) is 18.2 Å². The van der Waals surface area contributed by atoms with Crippen LogP contribution in [0, 0.1) is 0 Å². The van der Waals surface area contributed by atoms with Gasteiger partial charge in [-0.25, -0.2) is 0 Å². The summed E-state index contributed by atoms with van der Waals surface area (Å²) >= 11 is 0. The van der Waals surface area contributed by atoms with E-state index in [1.165, 1.54) is 0 Å². The molecule has 0 atom stereocenters. The van der Waals surface area contributed by atoms with Crippen LogP contribution in [-0.2, 0) is 16.0 Å². The number of methoxy groups -OCH3 is 1. The van der Waals surface area contributed by atoms with Crippen molar-refractivity contribution in [2.75, 3.05) is 20.3 Å². The summed E-state index contributed by atoms with van der Waals surface area (Å²) in [7, 11) is 1.62. The van der Waals surface area contributed by atoms with Crippen molar-refractivity contribution in [3.05, 3.63) is 23.8 Å². The molecular formula is C15H20O4. The van der Waals surface area contributed by atoms with Gasteiger partial charge in [-0.05, 0) is 24.6 Å². The number of hydrogen-bond donors (Lipinski definition) is 0. The Morgan fingerprint density at radius 2 is 2.05 bits per heavy atom. The lowest BCUT2D eigenvalue weighted by Gasteiger charge is -2.24. The van der Waals surface area contributed by atoms with Crippen LogP contribution in [0.5, 0.6) is 11.5 Å². The highest BCUT2D eigenvalue weighted by Gasteiger charge is 2.17. The lowest BCUT2D eigenvalue weighted by molar-refractivity contribution is -0.116. The zero-order valence-corrected chi connectivity index (χ0v) is 11.5. The molecule has 0 unspecified atom stereocenters. The van der Waals surface area contributed by atoms with E-state index >= 15 is 0 Å². The average Bonchev–Trinajstić information content (AvgIpc) is 2.39. The van der Waals surface area contributed by atoms with E-state index in [0.29, 0.717) is 17.9 Å². The number of hydrogen-bond acceptors (Lipinski definition) is 4. The van der Waals surface area contributed by atoms with Crippen LogP contribution >= 0.6 is 0 Å². The van der Waals surface area contributed by atoms with Gasteiger partial charge in [-0.15, -0.1) is 0 Å². The number of carbonyl (C=O) groups excluding carboxylic acids is 1. The van der Waals surface area contributed by atoms with Gasteiger partial charge in [-0.2, -0.15) is 0 Å². The van der Waals surface area contributed by atoms with Gasteiger partial charge in [0.05, 0.1) is 20.3 Å². The topological polar surface area (TPSA) is 44.8 Å². The Bertz CT molecular complexity index is 436.